The van der Waals surface area contributed by atoms with Gasteiger partial charge in [-0.3, -0.25) is 4.79 Å². The maximum absolute atomic E-state index is 11.9. The molecule has 3 heteroatoms. The molecule has 1 fully saturated rings. The van der Waals surface area contributed by atoms with Crippen LogP contribution in [0.3, 0.4) is 0 Å². The Kier molecular flexibility index (Phi) is 3.66. The van der Waals surface area contributed by atoms with E-state index in [2.05, 4.69) is 4.90 Å². The van der Waals surface area contributed by atoms with Gasteiger partial charge in [-0.2, -0.15) is 0 Å². The van der Waals surface area contributed by atoms with E-state index in [1.54, 1.807) is 6.92 Å². The average Bonchev–Trinajstić information content (AvgIpc) is 2.06. The zero-order chi connectivity index (χ0) is 8.97. The van der Waals surface area contributed by atoms with Crippen LogP contribution in [0.5, 0.6) is 0 Å². The molecule has 0 aromatic rings. The van der Waals surface area contributed by atoms with Crippen molar-refractivity contribution in [1.82, 2.24) is 4.90 Å². The van der Waals surface area contributed by atoms with Crippen LogP contribution in [0.25, 0.3) is 0 Å². The highest BCUT2D eigenvalue weighted by molar-refractivity contribution is 5.78. The van der Waals surface area contributed by atoms with Gasteiger partial charge in [0.15, 0.2) is 0 Å². The van der Waals surface area contributed by atoms with Crippen molar-refractivity contribution in [2.75, 3.05) is 26.3 Å². The summed E-state index contributed by atoms with van der Waals surface area (Å²) in [4.78, 5) is 13.1. The molecule has 1 rings (SSSR count). The molecule has 1 saturated heterocycles. The standard InChI is InChI=1S/C9H16FNO/c1-8(12)9-2-5-11(6-3-9)7-4-10/h9H,2-7H2,1H3. The van der Waals surface area contributed by atoms with E-state index in [1.165, 1.54) is 0 Å². The first-order chi connectivity index (χ1) is 5.74. The molecule has 0 atom stereocenters. The Bertz CT molecular complexity index is 153. The number of alkyl halides is 1. The summed E-state index contributed by atoms with van der Waals surface area (Å²) >= 11 is 0. The van der Waals surface area contributed by atoms with Crippen molar-refractivity contribution in [2.45, 2.75) is 19.8 Å². The molecule has 12 heavy (non-hydrogen) atoms. The number of likely N-dealkylation sites (tertiary alicyclic amines) is 1. The molecule has 0 bridgehead atoms. The molecule has 0 saturated carbocycles. The minimum atomic E-state index is -0.273. The second kappa shape index (κ2) is 4.55. The Balaban J connectivity index is 2.25. The summed E-state index contributed by atoms with van der Waals surface area (Å²) < 4.78 is 11.9. The smallest absolute Gasteiger partial charge is 0.133 e. The van der Waals surface area contributed by atoms with Crippen LogP contribution in [0, 0.1) is 5.92 Å². The van der Waals surface area contributed by atoms with E-state index in [0.29, 0.717) is 6.54 Å². The lowest BCUT2D eigenvalue weighted by molar-refractivity contribution is -0.122. The van der Waals surface area contributed by atoms with Crippen LogP contribution in [-0.2, 0) is 4.79 Å². The molecule has 0 amide bonds. The fourth-order valence-electron chi connectivity index (χ4n) is 1.68. The van der Waals surface area contributed by atoms with Crippen LogP contribution in [0.4, 0.5) is 4.39 Å². The van der Waals surface area contributed by atoms with Gasteiger partial charge in [-0.05, 0) is 32.9 Å². The van der Waals surface area contributed by atoms with Crippen molar-refractivity contribution in [3.05, 3.63) is 0 Å². The van der Waals surface area contributed by atoms with E-state index in [0.717, 1.165) is 25.9 Å². The van der Waals surface area contributed by atoms with Gasteiger partial charge in [-0.15, -0.1) is 0 Å². The minimum absolute atomic E-state index is 0.237. The number of halogens is 1. The third-order valence-electron chi connectivity index (χ3n) is 2.56. The number of ketones is 1. The Labute approximate surface area is 72.7 Å². The van der Waals surface area contributed by atoms with Crippen molar-refractivity contribution in [3.63, 3.8) is 0 Å². The van der Waals surface area contributed by atoms with E-state index in [1.807, 2.05) is 0 Å². The summed E-state index contributed by atoms with van der Waals surface area (Å²) in [5, 5.41) is 0. The summed E-state index contributed by atoms with van der Waals surface area (Å²) in [6, 6.07) is 0. The van der Waals surface area contributed by atoms with Crippen LogP contribution in [0.2, 0.25) is 0 Å². The van der Waals surface area contributed by atoms with Gasteiger partial charge in [-0.25, -0.2) is 4.39 Å². The molecule has 2 nitrogen and oxygen atoms in total. The largest absolute Gasteiger partial charge is 0.301 e. The minimum Gasteiger partial charge on any atom is -0.301 e. The molecule has 0 N–H and O–H groups in total. The predicted octanol–water partition coefficient (Wildman–Crippen LogP) is 1.26. The Morgan fingerprint density at radius 2 is 2.08 bits per heavy atom. The van der Waals surface area contributed by atoms with Crippen LogP contribution in [-0.4, -0.2) is 37.0 Å². The number of rotatable bonds is 3. The molecule has 0 radical (unpaired) electrons. The molecule has 0 aromatic carbocycles. The van der Waals surface area contributed by atoms with Crippen molar-refractivity contribution >= 4 is 5.78 Å². The molecule has 0 aromatic heterocycles. The lowest BCUT2D eigenvalue weighted by Crippen LogP contribution is -2.36. The van der Waals surface area contributed by atoms with Gasteiger partial charge in [0.05, 0.1) is 0 Å². The number of piperidine rings is 1. The molecular weight excluding hydrogens is 157 g/mol. The molecule has 1 heterocycles. The zero-order valence-electron chi connectivity index (χ0n) is 7.55. The summed E-state index contributed by atoms with van der Waals surface area (Å²) in [6.07, 6.45) is 1.82. The lowest BCUT2D eigenvalue weighted by atomic mass is 9.93. The maximum atomic E-state index is 11.9. The quantitative estimate of drug-likeness (QED) is 0.640. The molecule has 70 valence electrons. The third-order valence-corrected chi connectivity index (χ3v) is 2.56. The Morgan fingerprint density at radius 3 is 2.50 bits per heavy atom. The van der Waals surface area contributed by atoms with Crippen LogP contribution < -0.4 is 0 Å². The summed E-state index contributed by atoms with van der Waals surface area (Å²) in [5.74, 6) is 0.524. The fraction of sp³-hybridized carbons (Fsp3) is 0.889. The molecule has 0 aliphatic carbocycles. The second-order valence-corrected chi connectivity index (χ2v) is 3.42. The fourth-order valence-corrected chi connectivity index (χ4v) is 1.68. The number of hydrogen-bond acceptors (Lipinski definition) is 2. The number of Topliss-reactive ketones (excluding diaryl/α,β-unsaturated/α-hetero) is 1. The van der Waals surface area contributed by atoms with E-state index >= 15 is 0 Å². The van der Waals surface area contributed by atoms with Crippen LogP contribution in [0.15, 0.2) is 0 Å². The first-order valence-electron chi connectivity index (χ1n) is 4.53. The first-order valence-corrected chi connectivity index (χ1v) is 4.53. The Hall–Kier alpha value is -0.440. The molecule has 1 aliphatic heterocycles. The van der Waals surface area contributed by atoms with Gasteiger partial charge in [0, 0.05) is 12.5 Å². The molecular formula is C9H16FNO. The van der Waals surface area contributed by atoms with E-state index in [4.69, 9.17) is 0 Å². The predicted molar refractivity (Wildman–Crippen MR) is 45.8 cm³/mol. The number of nitrogens with zero attached hydrogens (tertiary/aromatic N) is 1. The van der Waals surface area contributed by atoms with Crippen molar-refractivity contribution in [1.29, 1.82) is 0 Å². The van der Waals surface area contributed by atoms with Crippen LogP contribution in [0.1, 0.15) is 19.8 Å². The SMILES string of the molecule is CC(=O)C1CCN(CCF)CC1. The number of hydrogen-bond donors (Lipinski definition) is 0. The highest BCUT2D eigenvalue weighted by Gasteiger charge is 2.21. The van der Waals surface area contributed by atoms with Gasteiger partial charge in [-0.1, -0.05) is 0 Å². The van der Waals surface area contributed by atoms with Gasteiger partial charge >= 0.3 is 0 Å². The van der Waals surface area contributed by atoms with Crippen molar-refractivity contribution in [2.24, 2.45) is 5.92 Å². The number of carbonyl (C=O) groups is 1. The van der Waals surface area contributed by atoms with Crippen molar-refractivity contribution < 1.29 is 9.18 Å². The van der Waals surface area contributed by atoms with E-state index < -0.39 is 0 Å². The summed E-state index contributed by atoms with van der Waals surface area (Å²) in [7, 11) is 0. The summed E-state index contributed by atoms with van der Waals surface area (Å²) in [6.45, 7) is 3.67. The second-order valence-electron chi connectivity index (χ2n) is 3.42. The monoisotopic (exact) mass is 173 g/mol. The van der Waals surface area contributed by atoms with Gasteiger partial charge in [0.2, 0.25) is 0 Å². The topological polar surface area (TPSA) is 20.3 Å². The maximum Gasteiger partial charge on any atom is 0.133 e. The number of carbonyl (C=O) groups excluding carboxylic acids is 1. The lowest BCUT2D eigenvalue weighted by Gasteiger charge is -2.29. The summed E-state index contributed by atoms with van der Waals surface area (Å²) in [5.41, 5.74) is 0. The first kappa shape index (κ1) is 9.65. The molecule has 0 spiro atoms. The van der Waals surface area contributed by atoms with Gasteiger partial charge in [0.25, 0.3) is 0 Å². The van der Waals surface area contributed by atoms with E-state index in [9.17, 15) is 9.18 Å². The van der Waals surface area contributed by atoms with Crippen LogP contribution >= 0.6 is 0 Å². The average molecular weight is 173 g/mol. The highest BCUT2D eigenvalue weighted by Crippen LogP contribution is 2.17. The normalized spacial score (nSPS) is 21.2. The Morgan fingerprint density at radius 1 is 1.50 bits per heavy atom. The molecule has 0 unspecified atom stereocenters. The van der Waals surface area contributed by atoms with Crippen molar-refractivity contribution in [3.8, 4) is 0 Å². The van der Waals surface area contributed by atoms with Gasteiger partial charge < -0.3 is 4.90 Å². The zero-order valence-corrected chi connectivity index (χ0v) is 7.55. The third kappa shape index (κ3) is 2.55. The van der Waals surface area contributed by atoms with Gasteiger partial charge in [0.1, 0.15) is 12.5 Å². The highest BCUT2D eigenvalue weighted by atomic mass is 19.1. The van der Waals surface area contributed by atoms with E-state index in [-0.39, 0.29) is 18.4 Å². The molecule has 1 aliphatic rings.